The fourth-order valence-electron chi connectivity index (χ4n) is 0.640. The van der Waals surface area contributed by atoms with E-state index >= 15 is 0 Å². The second-order valence-electron chi connectivity index (χ2n) is 3.43. The third-order valence-electron chi connectivity index (χ3n) is 1.63. The number of hydrogen-bond acceptors (Lipinski definition) is 5. The van der Waals surface area contributed by atoms with Crippen LogP contribution in [0.3, 0.4) is 0 Å². The van der Waals surface area contributed by atoms with Crippen molar-refractivity contribution in [3.05, 3.63) is 0 Å². The minimum atomic E-state index is -1.36. The molecule has 18 heavy (non-hydrogen) atoms. The Kier molecular flexibility index (Phi) is 6.14. The minimum Gasteiger partial charge on any atom is -0.480 e. The van der Waals surface area contributed by atoms with Gasteiger partial charge >= 0.3 is 11.9 Å². The first-order chi connectivity index (χ1) is 8.23. The summed E-state index contributed by atoms with van der Waals surface area (Å²) in [5, 5.41) is 11.6. The predicted octanol–water partition coefficient (Wildman–Crippen LogP) is -2.56. The molecule has 0 saturated heterocycles. The molecule has 0 saturated carbocycles. The Morgan fingerprint density at radius 2 is 1.94 bits per heavy atom. The SMILES string of the molecule is CN(C)C(N)=NC(N)=NOC(=O)CC(N)C(=O)O. The van der Waals surface area contributed by atoms with Crippen molar-refractivity contribution in [3.8, 4) is 0 Å². The monoisotopic (exact) mass is 260 g/mol. The van der Waals surface area contributed by atoms with Gasteiger partial charge in [-0.15, -0.1) is 0 Å². The highest BCUT2D eigenvalue weighted by Gasteiger charge is 2.17. The molecule has 102 valence electrons. The summed E-state index contributed by atoms with van der Waals surface area (Å²) in [4.78, 5) is 30.8. The lowest BCUT2D eigenvalue weighted by Crippen LogP contribution is -2.33. The summed E-state index contributed by atoms with van der Waals surface area (Å²) in [5.41, 5.74) is 15.8. The molecule has 0 aromatic heterocycles. The van der Waals surface area contributed by atoms with Crippen molar-refractivity contribution in [2.24, 2.45) is 27.3 Å². The van der Waals surface area contributed by atoms with Crippen LogP contribution in [0.15, 0.2) is 10.1 Å². The summed E-state index contributed by atoms with van der Waals surface area (Å²) in [6.45, 7) is 0. The van der Waals surface area contributed by atoms with Gasteiger partial charge in [0.15, 0.2) is 5.96 Å². The van der Waals surface area contributed by atoms with E-state index in [1.807, 2.05) is 0 Å². The number of carbonyl (C=O) groups is 2. The van der Waals surface area contributed by atoms with Gasteiger partial charge in [-0.25, -0.2) is 4.79 Å². The van der Waals surface area contributed by atoms with Crippen LogP contribution >= 0.6 is 0 Å². The molecule has 0 aliphatic heterocycles. The van der Waals surface area contributed by atoms with Gasteiger partial charge in [0.1, 0.15) is 6.04 Å². The van der Waals surface area contributed by atoms with E-state index in [9.17, 15) is 9.59 Å². The first kappa shape index (κ1) is 15.6. The zero-order valence-electron chi connectivity index (χ0n) is 10.0. The molecule has 0 rings (SSSR count). The summed E-state index contributed by atoms with van der Waals surface area (Å²) in [6.07, 6.45) is -0.529. The number of nitrogens with two attached hydrogens (primary N) is 3. The van der Waals surface area contributed by atoms with Gasteiger partial charge in [-0.05, 0) is 5.16 Å². The standard InChI is InChI=1S/C8H16N6O4/c1-14(2)8(11)12-7(10)13-18-5(15)3-4(9)6(16)17/h4H,3,9H2,1-2H3,(H,16,17)(H4,10,11,12,13). The second kappa shape index (κ2) is 7.06. The molecule has 7 N–H and O–H groups in total. The van der Waals surface area contributed by atoms with Gasteiger partial charge in [0.25, 0.3) is 5.96 Å². The Balaban J connectivity index is 4.34. The molecule has 0 amide bonds. The maximum absolute atomic E-state index is 11.1. The average molecular weight is 260 g/mol. The number of aliphatic carboxylic acids is 1. The highest BCUT2D eigenvalue weighted by atomic mass is 16.7. The summed E-state index contributed by atoms with van der Waals surface area (Å²) in [7, 11) is 3.26. The number of rotatable bonds is 4. The molecule has 1 unspecified atom stereocenters. The minimum absolute atomic E-state index is 0.0644. The highest BCUT2D eigenvalue weighted by Crippen LogP contribution is 1.93. The Hall–Kier alpha value is -2.36. The number of carboxylic acids is 1. The molecule has 0 spiro atoms. The normalized spacial score (nSPS) is 13.9. The van der Waals surface area contributed by atoms with E-state index in [0.29, 0.717) is 0 Å². The molecule has 0 heterocycles. The van der Waals surface area contributed by atoms with Gasteiger partial charge in [0.2, 0.25) is 0 Å². The van der Waals surface area contributed by atoms with Crippen LogP contribution in [0.4, 0.5) is 0 Å². The van der Waals surface area contributed by atoms with E-state index in [4.69, 9.17) is 22.3 Å². The lowest BCUT2D eigenvalue weighted by molar-refractivity contribution is -0.148. The highest BCUT2D eigenvalue weighted by molar-refractivity contribution is 5.93. The van der Waals surface area contributed by atoms with Crippen molar-refractivity contribution in [1.82, 2.24) is 4.90 Å². The summed E-state index contributed by atoms with van der Waals surface area (Å²) in [6, 6.07) is -1.36. The van der Waals surface area contributed by atoms with Gasteiger partial charge in [-0.1, -0.05) is 0 Å². The van der Waals surface area contributed by atoms with E-state index in [-0.39, 0.29) is 11.9 Å². The van der Waals surface area contributed by atoms with Gasteiger partial charge in [-0.3, -0.25) is 4.79 Å². The molecular weight excluding hydrogens is 244 g/mol. The zero-order valence-corrected chi connectivity index (χ0v) is 10.0. The average Bonchev–Trinajstić information content (AvgIpc) is 2.25. The fourth-order valence-corrected chi connectivity index (χ4v) is 0.640. The van der Waals surface area contributed by atoms with Gasteiger partial charge in [0.05, 0.1) is 6.42 Å². The summed E-state index contributed by atoms with van der Waals surface area (Å²) in [5.74, 6) is -2.57. The van der Waals surface area contributed by atoms with Crippen molar-refractivity contribution in [3.63, 3.8) is 0 Å². The maximum atomic E-state index is 11.1. The van der Waals surface area contributed by atoms with Crippen LogP contribution in [0, 0.1) is 0 Å². The molecule has 0 aromatic rings. The number of aliphatic imine (C=N–C) groups is 1. The number of oxime groups is 1. The van der Waals surface area contributed by atoms with Crippen molar-refractivity contribution >= 4 is 23.9 Å². The molecular formula is C8H16N6O4. The molecule has 0 bridgehead atoms. The largest absolute Gasteiger partial charge is 0.480 e. The van der Waals surface area contributed by atoms with E-state index in [1.165, 1.54) is 4.90 Å². The molecule has 0 aromatic carbocycles. The van der Waals surface area contributed by atoms with E-state index in [0.717, 1.165) is 0 Å². The van der Waals surface area contributed by atoms with E-state index in [1.54, 1.807) is 14.1 Å². The number of hydrogen-bond donors (Lipinski definition) is 4. The quantitative estimate of drug-likeness (QED) is 0.185. The van der Waals surface area contributed by atoms with Crippen LogP contribution in [0.2, 0.25) is 0 Å². The van der Waals surface area contributed by atoms with Crippen LogP contribution < -0.4 is 17.2 Å². The van der Waals surface area contributed by atoms with Gasteiger partial charge < -0.3 is 32.0 Å². The van der Waals surface area contributed by atoms with Crippen molar-refractivity contribution in [2.75, 3.05) is 14.1 Å². The van der Waals surface area contributed by atoms with Crippen LogP contribution in [0.1, 0.15) is 6.42 Å². The first-order valence-electron chi connectivity index (χ1n) is 4.77. The van der Waals surface area contributed by atoms with Crippen LogP contribution in [0.5, 0.6) is 0 Å². The Bertz CT molecular complexity index is 378. The van der Waals surface area contributed by atoms with Gasteiger partial charge in [0, 0.05) is 14.1 Å². The third-order valence-corrected chi connectivity index (χ3v) is 1.63. The number of guanidine groups is 2. The zero-order chi connectivity index (χ0) is 14.3. The predicted molar refractivity (Wildman–Crippen MR) is 63.3 cm³/mol. The Morgan fingerprint density at radius 1 is 1.39 bits per heavy atom. The molecule has 0 fully saturated rings. The maximum Gasteiger partial charge on any atom is 0.337 e. The molecule has 10 heteroatoms. The smallest absolute Gasteiger partial charge is 0.337 e. The van der Waals surface area contributed by atoms with Crippen molar-refractivity contribution < 1.29 is 19.5 Å². The Morgan fingerprint density at radius 3 is 2.39 bits per heavy atom. The third kappa shape index (κ3) is 6.27. The number of nitrogens with zero attached hydrogens (tertiary/aromatic N) is 3. The van der Waals surface area contributed by atoms with Crippen molar-refractivity contribution in [2.45, 2.75) is 12.5 Å². The number of carboxylic acid groups (broad SMARTS) is 1. The molecule has 1 atom stereocenters. The Labute approximate surface area is 103 Å². The number of carbonyl (C=O) groups excluding carboxylic acids is 1. The van der Waals surface area contributed by atoms with Crippen LogP contribution in [-0.4, -0.2) is 54.0 Å². The molecule has 0 aliphatic rings. The van der Waals surface area contributed by atoms with E-state index < -0.39 is 24.4 Å². The molecule has 0 aliphatic carbocycles. The lowest BCUT2D eigenvalue weighted by atomic mass is 10.2. The van der Waals surface area contributed by atoms with E-state index in [2.05, 4.69) is 15.0 Å². The topological polar surface area (TPSA) is 170 Å². The molecule has 10 nitrogen and oxygen atoms in total. The van der Waals surface area contributed by atoms with Crippen LogP contribution in [-0.2, 0) is 14.4 Å². The first-order valence-corrected chi connectivity index (χ1v) is 4.77. The van der Waals surface area contributed by atoms with Crippen molar-refractivity contribution in [1.29, 1.82) is 0 Å². The fraction of sp³-hybridized carbons (Fsp3) is 0.500. The van der Waals surface area contributed by atoms with Crippen LogP contribution in [0.25, 0.3) is 0 Å². The lowest BCUT2D eigenvalue weighted by Gasteiger charge is -2.09. The molecule has 0 radical (unpaired) electrons. The van der Waals surface area contributed by atoms with Gasteiger partial charge in [-0.2, -0.15) is 4.99 Å². The summed E-state index contributed by atoms with van der Waals surface area (Å²) >= 11 is 0. The second-order valence-corrected chi connectivity index (χ2v) is 3.43. The summed E-state index contributed by atoms with van der Waals surface area (Å²) < 4.78 is 0.